The van der Waals surface area contributed by atoms with Crippen molar-refractivity contribution in [3.63, 3.8) is 0 Å². The zero-order valence-corrected chi connectivity index (χ0v) is 17.2. The fraction of sp³-hybridized carbons (Fsp3) is 0.125. The van der Waals surface area contributed by atoms with Crippen molar-refractivity contribution >= 4 is 11.9 Å². The minimum Gasteiger partial charge on any atom is -0.508 e. The smallest absolute Gasteiger partial charge is 0.417 e. The molecule has 0 atom stereocenters. The Labute approximate surface area is 186 Å². The Balaban J connectivity index is 2.18. The first-order chi connectivity index (χ1) is 15.6. The molecule has 1 heterocycles. The van der Waals surface area contributed by atoms with E-state index >= 15 is 0 Å². The monoisotopic (exact) mass is 454 g/mol. The minimum absolute atomic E-state index is 0.0363. The number of phenols is 1. The lowest BCUT2D eigenvalue weighted by molar-refractivity contribution is -0.137. The molecule has 0 aliphatic carbocycles. The molecule has 0 saturated carbocycles. The number of nitrogens with two attached hydrogens (primary N) is 1. The minimum atomic E-state index is -4.73. The van der Waals surface area contributed by atoms with Crippen LogP contribution < -0.4 is 5.73 Å². The molecule has 9 heteroatoms. The van der Waals surface area contributed by atoms with E-state index in [0.717, 1.165) is 12.1 Å². The van der Waals surface area contributed by atoms with E-state index in [1.807, 2.05) is 0 Å². The van der Waals surface area contributed by atoms with E-state index in [1.54, 1.807) is 13.0 Å². The van der Waals surface area contributed by atoms with Gasteiger partial charge in [-0.25, -0.2) is 9.78 Å². The number of amides is 1. The van der Waals surface area contributed by atoms with Crippen molar-refractivity contribution < 1.29 is 32.6 Å². The normalized spacial score (nSPS) is 10.8. The zero-order valence-electron chi connectivity index (χ0n) is 17.2. The van der Waals surface area contributed by atoms with Crippen molar-refractivity contribution in [2.45, 2.75) is 13.1 Å². The molecule has 0 aliphatic heterocycles. The van der Waals surface area contributed by atoms with Crippen molar-refractivity contribution in [3.8, 4) is 28.8 Å². The van der Waals surface area contributed by atoms with Crippen LogP contribution in [0, 0.1) is 11.8 Å². The van der Waals surface area contributed by atoms with Crippen LogP contribution in [0.25, 0.3) is 11.3 Å². The van der Waals surface area contributed by atoms with Crippen molar-refractivity contribution in [3.05, 3.63) is 82.5 Å². The van der Waals surface area contributed by atoms with Crippen LogP contribution in [-0.4, -0.2) is 28.6 Å². The molecule has 2 aromatic carbocycles. The number of carbonyl (C=O) groups is 2. The summed E-state index contributed by atoms with van der Waals surface area (Å²) in [5, 5.41) is 9.44. The number of alkyl halides is 3. The van der Waals surface area contributed by atoms with Crippen molar-refractivity contribution in [2.75, 3.05) is 6.61 Å². The van der Waals surface area contributed by atoms with E-state index in [1.165, 1.54) is 30.3 Å². The molecule has 3 N–H and O–H groups in total. The number of ether oxygens (including phenoxy) is 1. The van der Waals surface area contributed by atoms with Gasteiger partial charge in [-0.05, 0) is 55.5 Å². The van der Waals surface area contributed by atoms with Gasteiger partial charge in [0.25, 0.3) is 5.91 Å². The molecule has 0 bridgehead atoms. The number of benzene rings is 2. The van der Waals surface area contributed by atoms with Gasteiger partial charge >= 0.3 is 12.1 Å². The molecule has 0 aliphatic rings. The third-order valence-corrected chi connectivity index (χ3v) is 4.45. The number of hydrogen-bond donors (Lipinski definition) is 2. The van der Waals surface area contributed by atoms with Gasteiger partial charge in [0.15, 0.2) is 0 Å². The van der Waals surface area contributed by atoms with Gasteiger partial charge in [0.2, 0.25) is 0 Å². The summed E-state index contributed by atoms with van der Waals surface area (Å²) in [6.07, 6.45) is -4.73. The molecule has 0 radical (unpaired) electrons. The van der Waals surface area contributed by atoms with Crippen LogP contribution in [-0.2, 0) is 10.9 Å². The second-order valence-corrected chi connectivity index (χ2v) is 6.73. The van der Waals surface area contributed by atoms with Crippen LogP contribution in [0.2, 0.25) is 0 Å². The summed E-state index contributed by atoms with van der Waals surface area (Å²) in [4.78, 5) is 27.9. The van der Waals surface area contributed by atoms with Crippen LogP contribution in [0.4, 0.5) is 13.2 Å². The number of primary amides is 1. The summed E-state index contributed by atoms with van der Waals surface area (Å²) in [7, 11) is 0. The van der Waals surface area contributed by atoms with Gasteiger partial charge in [-0.3, -0.25) is 4.79 Å². The second-order valence-electron chi connectivity index (χ2n) is 6.73. The molecule has 6 nitrogen and oxygen atoms in total. The Kier molecular flexibility index (Phi) is 6.68. The standard InChI is InChI=1S/C24H17F3N2O4/c1-2-33-23(32)16-9-7-14(18(12-16)20-4-3-5-21(29-20)22(28)31)6-8-15-10-11-17(30)13-19(15)24(25,26)27/h3-5,7,9-13,30H,2H2,1H3,(H2,28,31). The predicted octanol–water partition coefficient (Wildman–Crippen LogP) is 4.15. The van der Waals surface area contributed by atoms with Crippen molar-refractivity contribution in [1.29, 1.82) is 0 Å². The Hall–Kier alpha value is -4.32. The molecular formula is C24H17F3N2O4. The van der Waals surface area contributed by atoms with Gasteiger partial charge in [0, 0.05) is 16.7 Å². The summed E-state index contributed by atoms with van der Waals surface area (Å²) in [6, 6.07) is 11.5. The van der Waals surface area contributed by atoms with Crippen molar-refractivity contribution in [1.82, 2.24) is 4.98 Å². The maximum atomic E-state index is 13.3. The first-order valence-corrected chi connectivity index (χ1v) is 9.60. The van der Waals surface area contributed by atoms with Gasteiger partial charge in [0.05, 0.1) is 23.4 Å². The molecule has 1 aromatic heterocycles. The third-order valence-electron chi connectivity index (χ3n) is 4.45. The highest BCUT2D eigenvalue weighted by molar-refractivity contribution is 5.93. The SMILES string of the molecule is CCOC(=O)c1ccc(C#Cc2ccc(O)cc2C(F)(F)F)c(-c2cccc(C(N)=O)n2)c1. The lowest BCUT2D eigenvalue weighted by Crippen LogP contribution is -2.13. The Morgan fingerprint density at radius 2 is 1.76 bits per heavy atom. The van der Waals surface area contributed by atoms with Gasteiger partial charge in [-0.1, -0.05) is 17.9 Å². The van der Waals surface area contributed by atoms with Gasteiger partial charge in [-0.2, -0.15) is 13.2 Å². The van der Waals surface area contributed by atoms with Gasteiger partial charge < -0.3 is 15.6 Å². The highest BCUT2D eigenvalue weighted by Crippen LogP contribution is 2.34. The molecule has 33 heavy (non-hydrogen) atoms. The molecule has 0 fully saturated rings. The summed E-state index contributed by atoms with van der Waals surface area (Å²) in [6.45, 7) is 1.79. The first kappa shape index (κ1) is 23.3. The Morgan fingerprint density at radius 1 is 1.06 bits per heavy atom. The topological polar surface area (TPSA) is 103 Å². The molecule has 3 rings (SSSR count). The third kappa shape index (κ3) is 5.49. The van der Waals surface area contributed by atoms with E-state index in [9.17, 15) is 27.9 Å². The van der Waals surface area contributed by atoms with Crippen LogP contribution in [0.15, 0.2) is 54.6 Å². The largest absolute Gasteiger partial charge is 0.508 e. The number of pyridine rings is 1. The number of aromatic hydroxyl groups is 1. The Morgan fingerprint density at radius 3 is 2.42 bits per heavy atom. The molecule has 0 spiro atoms. The van der Waals surface area contributed by atoms with Crippen molar-refractivity contribution in [2.24, 2.45) is 5.73 Å². The Bertz CT molecular complexity index is 1290. The van der Waals surface area contributed by atoms with Crippen LogP contribution in [0.5, 0.6) is 5.75 Å². The number of carbonyl (C=O) groups excluding carboxylic acids is 2. The quantitative estimate of drug-likeness (QED) is 0.456. The van der Waals surface area contributed by atoms with E-state index in [0.29, 0.717) is 11.6 Å². The highest BCUT2D eigenvalue weighted by Gasteiger charge is 2.33. The molecular weight excluding hydrogens is 437 g/mol. The number of phenolic OH excluding ortho intramolecular Hbond substituents is 1. The van der Waals surface area contributed by atoms with Gasteiger partial charge in [-0.15, -0.1) is 0 Å². The van der Waals surface area contributed by atoms with E-state index < -0.39 is 29.4 Å². The number of halogens is 3. The lowest BCUT2D eigenvalue weighted by Gasteiger charge is -2.10. The summed E-state index contributed by atoms with van der Waals surface area (Å²) in [5.41, 5.74) is 4.77. The molecule has 3 aromatic rings. The summed E-state index contributed by atoms with van der Waals surface area (Å²) < 4.78 is 45.0. The number of hydrogen-bond acceptors (Lipinski definition) is 5. The average molecular weight is 454 g/mol. The summed E-state index contributed by atoms with van der Waals surface area (Å²) >= 11 is 0. The van der Waals surface area contributed by atoms with Crippen LogP contribution in [0.1, 0.15) is 44.5 Å². The zero-order chi connectivity index (χ0) is 24.2. The van der Waals surface area contributed by atoms with Gasteiger partial charge in [0.1, 0.15) is 11.4 Å². The fourth-order valence-electron chi connectivity index (χ4n) is 2.94. The molecule has 0 unspecified atom stereocenters. The fourth-order valence-corrected chi connectivity index (χ4v) is 2.94. The first-order valence-electron chi connectivity index (χ1n) is 9.60. The number of esters is 1. The lowest BCUT2D eigenvalue weighted by atomic mass is 9.99. The average Bonchev–Trinajstić information content (AvgIpc) is 2.77. The molecule has 0 saturated heterocycles. The van der Waals surface area contributed by atoms with E-state index in [2.05, 4.69) is 16.8 Å². The summed E-state index contributed by atoms with van der Waals surface area (Å²) in [5.74, 6) is 3.21. The van der Waals surface area contributed by atoms with Crippen LogP contribution >= 0.6 is 0 Å². The maximum absolute atomic E-state index is 13.3. The maximum Gasteiger partial charge on any atom is 0.417 e. The van der Waals surface area contributed by atoms with E-state index in [-0.39, 0.29) is 34.7 Å². The van der Waals surface area contributed by atoms with Crippen LogP contribution in [0.3, 0.4) is 0 Å². The number of rotatable bonds is 4. The second kappa shape index (κ2) is 9.44. The number of aromatic nitrogens is 1. The molecule has 1 amide bonds. The highest BCUT2D eigenvalue weighted by atomic mass is 19.4. The van der Waals surface area contributed by atoms with E-state index in [4.69, 9.17) is 10.5 Å². The molecule has 168 valence electrons. The number of nitrogens with zero attached hydrogens (tertiary/aromatic N) is 1. The predicted molar refractivity (Wildman–Crippen MR) is 113 cm³/mol.